The van der Waals surface area contributed by atoms with Gasteiger partial charge in [-0.05, 0) is 18.6 Å². The molecule has 0 aliphatic carbocycles. The molecule has 0 atom stereocenters. The summed E-state index contributed by atoms with van der Waals surface area (Å²) in [6.07, 6.45) is 1.34. The fourth-order valence-corrected chi connectivity index (χ4v) is 4.65. The molecule has 1 aromatic rings. The van der Waals surface area contributed by atoms with Gasteiger partial charge >= 0.3 is 23.9 Å². The molecule has 1 aliphatic rings. The van der Waals surface area contributed by atoms with Crippen molar-refractivity contribution in [1.29, 1.82) is 0 Å². The molecule has 234 valence electrons. The van der Waals surface area contributed by atoms with Gasteiger partial charge in [-0.2, -0.15) is 0 Å². The number of aliphatic carboxylic acids is 4. The Morgan fingerprint density at radius 3 is 1.67 bits per heavy atom. The summed E-state index contributed by atoms with van der Waals surface area (Å²) < 4.78 is 5.93. The van der Waals surface area contributed by atoms with Gasteiger partial charge in [0.2, 0.25) is 0 Å². The monoisotopic (exact) mass is 595 g/mol. The molecule has 0 saturated carbocycles. The lowest BCUT2D eigenvalue weighted by Crippen LogP contribution is -2.48. The van der Waals surface area contributed by atoms with Crippen LogP contribution in [0, 0.1) is 0 Å². The fraction of sp³-hybridized carbons (Fsp3) is 0.593. The van der Waals surface area contributed by atoms with Crippen LogP contribution in [0.3, 0.4) is 0 Å². The zero-order valence-corrected chi connectivity index (χ0v) is 23.7. The number of benzene rings is 1. The Morgan fingerprint density at radius 2 is 1.19 bits per heavy atom. The average Bonchev–Trinajstić information content (AvgIpc) is 2.90. The smallest absolute Gasteiger partial charge is 0.323 e. The Hall–Kier alpha value is -3.79. The molecule has 42 heavy (non-hydrogen) atoms. The third-order valence-electron chi connectivity index (χ3n) is 6.71. The van der Waals surface area contributed by atoms with Crippen molar-refractivity contribution in [3.63, 3.8) is 0 Å². The van der Waals surface area contributed by atoms with Crippen LogP contribution in [0.15, 0.2) is 24.3 Å². The SMILES string of the molecule is O=CCN1CCN(CC(=O)O)CCN(CCCOc2ccccc2N(CC(=O)O)CC(=O)O)CCN(CC(=O)O)CC1. The number of anilines is 1. The molecular weight excluding hydrogens is 554 g/mol. The molecule has 1 saturated heterocycles. The number of ether oxygens (including phenoxy) is 1. The lowest BCUT2D eigenvalue weighted by atomic mass is 10.2. The predicted octanol–water partition coefficient (Wildman–Crippen LogP) is -0.979. The first-order chi connectivity index (χ1) is 20.1. The molecule has 0 radical (unpaired) electrons. The zero-order chi connectivity index (χ0) is 30.9. The largest absolute Gasteiger partial charge is 0.491 e. The molecule has 2 rings (SSSR count). The minimum Gasteiger partial charge on any atom is -0.491 e. The lowest BCUT2D eigenvalue weighted by Gasteiger charge is -2.33. The van der Waals surface area contributed by atoms with Crippen LogP contribution in [0.4, 0.5) is 5.69 Å². The Bertz CT molecular complexity index is 994. The van der Waals surface area contributed by atoms with Gasteiger partial charge < -0.3 is 39.8 Å². The molecule has 15 nitrogen and oxygen atoms in total. The zero-order valence-electron chi connectivity index (χ0n) is 23.7. The van der Waals surface area contributed by atoms with Crippen LogP contribution >= 0.6 is 0 Å². The van der Waals surface area contributed by atoms with Crippen molar-refractivity contribution in [1.82, 2.24) is 19.6 Å². The molecule has 0 bridgehead atoms. The Balaban J connectivity index is 2.07. The number of hydrogen-bond donors (Lipinski definition) is 4. The van der Waals surface area contributed by atoms with Crippen LogP contribution in [0.25, 0.3) is 0 Å². The molecule has 0 amide bonds. The van der Waals surface area contributed by atoms with E-state index >= 15 is 0 Å². The van der Waals surface area contributed by atoms with Crippen LogP contribution in [0.1, 0.15) is 6.42 Å². The van der Waals surface area contributed by atoms with Crippen LogP contribution in [0.5, 0.6) is 5.75 Å². The van der Waals surface area contributed by atoms with Gasteiger partial charge in [0.1, 0.15) is 25.1 Å². The highest BCUT2D eigenvalue weighted by Crippen LogP contribution is 2.28. The second-order valence-corrected chi connectivity index (χ2v) is 9.96. The Labute approximate surface area is 244 Å². The van der Waals surface area contributed by atoms with E-state index in [0.29, 0.717) is 76.8 Å². The van der Waals surface area contributed by atoms with Crippen molar-refractivity contribution in [2.75, 3.05) is 103 Å². The maximum atomic E-state index is 11.4. The van der Waals surface area contributed by atoms with Crippen LogP contribution < -0.4 is 9.64 Å². The lowest BCUT2D eigenvalue weighted by molar-refractivity contribution is -0.139. The van der Waals surface area contributed by atoms with Gasteiger partial charge in [0.15, 0.2) is 0 Å². The number of carboxylic acid groups (broad SMARTS) is 4. The summed E-state index contributed by atoms with van der Waals surface area (Å²) in [6, 6.07) is 6.62. The normalized spacial score (nSPS) is 16.6. The van der Waals surface area contributed by atoms with Crippen molar-refractivity contribution in [3.05, 3.63) is 24.3 Å². The van der Waals surface area contributed by atoms with E-state index in [1.165, 1.54) is 4.90 Å². The maximum Gasteiger partial charge on any atom is 0.323 e. The molecule has 4 N–H and O–H groups in total. The minimum atomic E-state index is -1.17. The second kappa shape index (κ2) is 18.6. The summed E-state index contributed by atoms with van der Waals surface area (Å²) in [5.74, 6) is -3.89. The van der Waals surface area contributed by atoms with Crippen molar-refractivity contribution < 1.29 is 49.1 Å². The van der Waals surface area contributed by atoms with Gasteiger partial charge in [-0.3, -0.25) is 33.9 Å². The molecule has 0 unspecified atom stereocenters. The first-order valence-electron chi connectivity index (χ1n) is 13.7. The van der Waals surface area contributed by atoms with Gasteiger partial charge in [0.05, 0.1) is 31.9 Å². The van der Waals surface area contributed by atoms with Crippen molar-refractivity contribution in [2.24, 2.45) is 0 Å². The topological polar surface area (TPSA) is 192 Å². The van der Waals surface area contributed by atoms with Crippen molar-refractivity contribution >= 4 is 35.9 Å². The number of carbonyl (C=O) groups excluding carboxylic acids is 1. The number of rotatable bonds is 16. The number of carboxylic acids is 4. The fourth-order valence-electron chi connectivity index (χ4n) is 4.65. The summed E-state index contributed by atoms with van der Waals surface area (Å²) in [5.41, 5.74) is 0.353. The van der Waals surface area contributed by atoms with Crippen LogP contribution in [-0.4, -0.2) is 168 Å². The predicted molar refractivity (Wildman–Crippen MR) is 151 cm³/mol. The summed E-state index contributed by atoms with van der Waals surface area (Å²) in [5, 5.41) is 37.2. The van der Waals surface area contributed by atoms with Crippen LogP contribution in [-0.2, 0) is 24.0 Å². The van der Waals surface area contributed by atoms with E-state index < -0.39 is 37.0 Å². The Kier molecular flexibility index (Phi) is 15.2. The highest BCUT2D eigenvalue weighted by molar-refractivity contribution is 5.81. The van der Waals surface area contributed by atoms with E-state index in [1.807, 2.05) is 14.7 Å². The molecular formula is C27H41N5O10. The third kappa shape index (κ3) is 13.7. The summed E-state index contributed by atoms with van der Waals surface area (Å²) in [6.45, 7) is 3.51. The van der Waals surface area contributed by atoms with Gasteiger partial charge in [0.25, 0.3) is 0 Å². The van der Waals surface area contributed by atoms with E-state index in [4.69, 9.17) is 4.74 Å². The summed E-state index contributed by atoms with van der Waals surface area (Å²) in [7, 11) is 0. The molecule has 1 fully saturated rings. The van der Waals surface area contributed by atoms with E-state index in [0.717, 1.165) is 6.29 Å². The molecule has 1 aromatic carbocycles. The van der Waals surface area contributed by atoms with E-state index in [2.05, 4.69) is 4.90 Å². The second-order valence-electron chi connectivity index (χ2n) is 9.96. The number of para-hydroxylation sites is 2. The number of carbonyl (C=O) groups is 5. The molecule has 0 aromatic heterocycles. The third-order valence-corrected chi connectivity index (χ3v) is 6.71. The minimum absolute atomic E-state index is 0.142. The number of nitrogens with zero attached hydrogens (tertiary/aromatic N) is 5. The number of hydrogen-bond acceptors (Lipinski definition) is 11. The van der Waals surface area contributed by atoms with E-state index in [9.17, 15) is 44.4 Å². The quantitative estimate of drug-likeness (QED) is 0.135. The van der Waals surface area contributed by atoms with Gasteiger partial charge in [-0.1, -0.05) is 12.1 Å². The van der Waals surface area contributed by atoms with Crippen molar-refractivity contribution in [3.8, 4) is 5.75 Å². The number of aldehydes is 1. The molecule has 0 spiro atoms. The molecule has 15 heteroatoms. The van der Waals surface area contributed by atoms with Gasteiger partial charge in [-0.15, -0.1) is 0 Å². The molecule has 1 aliphatic heterocycles. The maximum absolute atomic E-state index is 11.4. The standard InChI is InChI=1S/C27H41N5O10/c33-16-15-29-9-13-30(18-24(34)35)11-7-28(8-12-31(14-10-29)19-25(36)37)6-3-17-42-23-5-2-1-4-22(23)32(20-26(38)39)21-27(40)41/h1-2,4-5,16H,3,6-15,17-21H2,(H,34,35)(H,36,37)(H,38,39)(H,40,41). The van der Waals surface area contributed by atoms with E-state index in [-0.39, 0.29) is 26.2 Å². The van der Waals surface area contributed by atoms with Crippen LogP contribution in [0.2, 0.25) is 0 Å². The first kappa shape index (κ1) is 34.4. The first-order valence-corrected chi connectivity index (χ1v) is 13.7. The highest BCUT2D eigenvalue weighted by atomic mass is 16.5. The van der Waals surface area contributed by atoms with Gasteiger partial charge in [0, 0.05) is 58.9 Å². The Morgan fingerprint density at radius 1 is 0.714 bits per heavy atom. The summed E-state index contributed by atoms with van der Waals surface area (Å²) in [4.78, 5) is 65.5. The highest BCUT2D eigenvalue weighted by Gasteiger charge is 2.20. The average molecular weight is 596 g/mol. The van der Waals surface area contributed by atoms with Crippen molar-refractivity contribution in [2.45, 2.75) is 6.42 Å². The summed E-state index contributed by atoms with van der Waals surface area (Å²) >= 11 is 0. The molecule has 1 heterocycles. The van der Waals surface area contributed by atoms with Gasteiger partial charge in [-0.25, -0.2) is 0 Å². The van der Waals surface area contributed by atoms with E-state index in [1.54, 1.807) is 24.3 Å².